The van der Waals surface area contributed by atoms with E-state index in [1.54, 1.807) is 15.9 Å². The number of rotatable bonds is 15. The van der Waals surface area contributed by atoms with E-state index in [1.807, 2.05) is 65.3 Å². The van der Waals surface area contributed by atoms with Gasteiger partial charge in [-0.15, -0.1) is 0 Å². The molecule has 6 saturated heterocycles. The predicted molar refractivity (Wildman–Crippen MR) is 409 cm³/mol. The van der Waals surface area contributed by atoms with E-state index in [4.69, 9.17) is 29.9 Å². The van der Waals surface area contributed by atoms with Crippen molar-refractivity contribution >= 4 is 81.5 Å². The zero-order valence-corrected chi connectivity index (χ0v) is 61.3. The van der Waals surface area contributed by atoms with Crippen molar-refractivity contribution in [1.29, 1.82) is 0 Å². The first-order valence-corrected chi connectivity index (χ1v) is 38.2. The zero-order chi connectivity index (χ0) is 74.9. The Morgan fingerprint density at radius 3 is 1.12 bits per heavy atom. The summed E-state index contributed by atoms with van der Waals surface area (Å²) in [6, 6.07) is 33.3. The van der Waals surface area contributed by atoms with Gasteiger partial charge in [-0.05, 0) is 169 Å². The Hall–Kier alpha value is -9.83. The van der Waals surface area contributed by atoms with Gasteiger partial charge in [0.15, 0.2) is 0 Å². The van der Waals surface area contributed by atoms with Gasteiger partial charge in [0.2, 0.25) is 17.8 Å². The van der Waals surface area contributed by atoms with Gasteiger partial charge in [0.05, 0.1) is 16.7 Å². The van der Waals surface area contributed by atoms with Crippen LogP contribution in [0.4, 0.5) is 121 Å². The van der Waals surface area contributed by atoms with Gasteiger partial charge in [-0.1, -0.05) is 47.9 Å². The van der Waals surface area contributed by atoms with Crippen LogP contribution in [-0.2, 0) is 18.5 Å². The van der Waals surface area contributed by atoms with E-state index in [1.165, 1.54) is 106 Å². The number of aromatic nitrogens is 8. The van der Waals surface area contributed by atoms with Crippen molar-refractivity contribution in [2.24, 2.45) is 11.8 Å². The first-order chi connectivity index (χ1) is 52.1. The number of aryl methyl sites for hydroxylation is 2. The lowest BCUT2D eigenvalue weighted by molar-refractivity contribution is -0.138. The van der Waals surface area contributed by atoms with Crippen LogP contribution in [0.3, 0.4) is 0 Å². The van der Waals surface area contributed by atoms with Crippen molar-refractivity contribution in [2.75, 3.05) is 178 Å². The average Bonchev–Trinajstić information content (AvgIpc) is 1.46. The summed E-state index contributed by atoms with van der Waals surface area (Å²) < 4.78 is 121. The van der Waals surface area contributed by atoms with E-state index in [9.17, 15) is 39.5 Å². The summed E-state index contributed by atoms with van der Waals surface area (Å²) in [5.74, 6) is 8.53. The number of pyridine rings is 2. The molecule has 0 radical (unpaired) electrons. The zero-order valence-electron chi connectivity index (χ0n) is 61.3. The van der Waals surface area contributed by atoms with E-state index in [0.717, 1.165) is 135 Å². The van der Waals surface area contributed by atoms with Crippen molar-refractivity contribution in [3.8, 4) is 0 Å². The minimum atomic E-state index is -4.44. The molecule has 11 heterocycles. The molecule has 2 bridgehead atoms. The van der Waals surface area contributed by atoms with Crippen molar-refractivity contribution in [2.45, 2.75) is 122 Å². The van der Waals surface area contributed by atoms with Crippen LogP contribution < -0.4 is 60.0 Å². The molecule has 2 aliphatic carbocycles. The molecule has 2 saturated carbocycles. The Kier molecular flexibility index (Phi) is 23.2. The SMILES string of the molecule is Cc1ccc(Nc2cc(N3CCCCC3)nc(N3CCN(c4cccc(C(F)(F)F)c4)CC3)n2)cc1.Cc1ccc(Nc2cc(N3CCCCC3)nc(N3CCN(c4ncccc4C(F)(F)F)CC3)n2)cc1.FC(F)(F)c1cccnc1N1CCN(c2nc(NC3CC4CCC3C4)cc(N3CCCCC3)n2)CC1. The first-order valence-electron chi connectivity index (χ1n) is 38.2. The molecule has 8 aromatic rings. The Balaban J connectivity index is 0.000000136. The number of piperazine rings is 3. The third-order valence-electron chi connectivity index (χ3n) is 21.9. The van der Waals surface area contributed by atoms with Crippen LogP contribution in [0.15, 0.2) is 128 Å². The summed E-state index contributed by atoms with van der Waals surface area (Å²) in [6.07, 6.45) is 5.41. The number of hydrogen-bond acceptors (Lipinski definition) is 20. The molecule has 29 heteroatoms. The largest absolute Gasteiger partial charge is 0.419 e. The van der Waals surface area contributed by atoms with E-state index in [-0.39, 0.29) is 11.6 Å². The standard InChI is InChI=1S/C27H31F3N6.C26H34F3N7.C26H30F3N7/c1-20-8-10-22(11-9-20)31-24-19-25(35-12-3-2-4-13-35)33-26(32-24)36-16-14-34(15-17-36)23-7-5-6-21(18-23)27(28,29)30;27-26(28,29)20-5-4-8-30-24(20)35-11-13-36(14-12-35)25-32-22(31-21-16-18-6-7-19(21)15-18)17-23(33-25)34-9-2-1-3-10-34;1-19-7-9-20(10-8-19)31-22-18-23(34-12-3-2-4-13-34)33-25(32-22)36-16-14-35(15-17-36)24-21(26(27,28)29)6-5-11-30-24/h5-11,18-19H,2-4,12-17H2,1H3,(H,31,32,33);4-5,8,17-19,21H,1-3,6-7,9-16H2,(H,31,32,33);5-11,18H,2-4,12-17H2,1H3,(H,31,32,33). The van der Waals surface area contributed by atoms with E-state index >= 15 is 0 Å². The second kappa shape index (κ2) is 33.3. The second-order valence-electron chi connectivity index (χ2n) is 29.5. The van der Waals surface area contributed by atoms with Gasteiger partial charge in [-0.25, -0.2) is 9.97 Å². The number of benzene rings is 3. The van der Waals surface area contributed by atoms with Gasteiger partial charge in [0, 0.05) is 172 Å². The normalized spacial score (nSPS) is 20.1. The van der Waals surface area contributed by atoms with Gasteiger partial charge in [-0.2, -0.15) is 69.4 Å². The van der Waals surface area contributed by atoms with Crippen molar-refractivity contribution < 1.29 is 39.5 Å². The topological polar surface area (TPSA) is 168 Å². The summed E-state index contributed by atoms with van der Waals surface area (Å²) in [5.41, 5.74) is 2.86. The molecular weight excluding hydrogens is 1400 g/mol. The fourth-order valence-electron chi connectivity index (χ4n) is 15.9. The Labute approximate surface area is 625 Å². The smallest absolute Gasteiger partial charge is 0.368 e. The monoisotopic (exact) mass is 1490 g/mol. The molecular formula is C79H95F9N20. The lowest BCUT2D eigenvalue weighted by Gasteiger charge is -2.37. The summed E-state index contributed by atoms with van der Waals surface area (Å²) in [6.45, 7) is 16.2. The lowest BCUT2D eigenvalue weighted by atomic mass is 9.95. The van der Waals surface area contributed by atoms with Gasteiger partial charge < -0.3 is 60.0 Å². The Morgan fingerprint density at radius 2 is 0.741 bits per heavy atom. The molecule has 8 aliphatic rings. The maximum absolute atomic E-state index is 13.5. The van der Waals surface area contributed by atoms with E-state index in [0.29, 0.717) is 114 Å². The molecule has 0 spiro atoms. The maximum Gasteiger partial charge on any atom is 0.419 e. The highest BCUT2D eigenvalue weighted by atomic mass is 19.4. The molecule has 6 aliphatic heterocycles. The summed E-state index contributed by atoms with van der Waals surface area (Å²) in [4.78, 5) is 56.0. The van der Waals surface area contributed by atoms with Crippen LogP contribution in [-0.4, -0.2) is 164 Å². The van der Waals surface area contributed by atoms with Crippen LogP contribution in [0.1, 0.15) is 111 Å². The molecule has 5 aromatic heterocycles. The number of anilines is 14. The molecule has 16 rings (SSSR count). The summed E-state index contributed by atoms with van der Waals surface area (Å²) >= 11 is 0. The van der Waals surface area contributed by atoms with Crippen LogP contribution in [0.25, 0.3) is 0 Å². The summed E-state index contributed by atoms with van der Waals surface area (Å²) in [5, 5.41) is 10.6. The molecule has 574 valence electrons. The Bertz CT molecular complexity index is 4260. The lowest BCUT2D eigenvalue weighted by Crippen LogP contribution is -2.48. The molecule has 3 aromatic carbocycles. The van der Waals surface area contributed by atoms with E-state index in [2.05, 4.69) is 75.5 Å². The van der Waals surface area contributed by atoms with E-state index < -0.39 is 35.2 Å². The minimum absolute atomic E-state index is 0.00581. The number of hydrogen-bond donors (Lipinski definition) is 3. The third kappa shape index (κ3) is 18.8. The van der Waals surface area contributed by atoms with Crippen molar-refractivity contribution in [3.05, 3.63) is 155 Å². The number of nitrogens with zero attached hydrogens (tertiary/aromatic N) is 17. The molecule has 3 N–H and O–H groups in total. The van der Waals surface area contributed by atoms with Crippen LogP contribution in [0.5, 0.6) is 0 Å². The Morgan fingerprint density at radius 1 is 0.352 bits per heavy atom. The minimum Gasteiger partial charge on any atom is -0.368 e. The molecule has 108 heavy (non-hydrogen) atoms. The first kappa shape index (κ1) is 75.0. The number of nitrogens with one attached hydrogen (secondary N) is 3. The fraction of sp³-hybridized carbons (Fsp3) is 0.494. The maximum atomic E-state index is 13.5. The molecule has 0 amide bonds. The number of halogens is 9. The number of alkyl halides is 9. The summed E-state index contributed by atoms with van der Waals surface area (Å²) in [7, 11) is 0. The van der Waals surface area contributed by atoms with Crippen LogP contribution >= 0.6 is 0 Å². The molecule has 8 fully saturated rings. The van der Waals surface area contributed by atoms with Crippen molar-refractivity contribution in [3.63, 3.8) is 0 Å². The van der Waals surface area contributed by atoms with Gasteiger partial charge in [0.25, 0.3) is 0 Å². The second-order valence-corrected chi connectivity index (χ2v) is 29.5. The van der Waals surface area contributed by atoms with Crippen LogP contribution in [0.2, 0.25) is 0 Å². The highest BCUT2D eigenvalue weighted by molar-refractivity contribution is 5.65. The van der Waals surface area contributed by atoms with Gasteiger partial charge in [0.1, 0.15) is 46.5 Å². The molecule has 3 atom stereocenters. The highest BCUT2D eigenvalue weighted by Gasteiger charge is 2.41. The highest BCUT2D eigenvalue weighted by Crippen LogP contribution is 2.46. The molecule has 20 nitrogen and oxygen atoms in total. The fourth-order valence-corrected chi connectivity index (χ4v) is 15.9. The average molecular weight is 1500 g/mol. The molecule has 3 unspecified atom stereocenters. The predicted octanol–water partition coefficient (Wildman–Crippen LogP) is 15.9. The number of piperidine rings is 3. The third-order valence-corrected chi connectivity index (χ3v) is 21.9. The van der Waals surface area contributed by atoms with Gasteiger partial charge >= 0.3 is 18.5 Å². The van der Waals surface area contributed by atoms with Crippen molar-refractivity contribution in [1.82, 2.24) is 39.9 Å². The quantitative estimate of drug-likeness (QED) is 0.0828. The number of fused-ring (bicyclic) bond motifs is 2. The van der Waals surface area contributed by atoms with Gasteiger partial charge in [-0.3, -0.25) is 0 Å². The van der Waals surface area contributed by atoms with Crippen LogP contribution in [0, 0.1) is 25.7 Å².